The number of ketones is 1. The number of carbonyl (C=O) groups is 2. The number of Topliss-reactive ketones (excluding diaryl/α,β-unsaturated/α-hetero) is 1. The first-order valence-electron chi connectivity index (χ1n) is 9.55. The summed E-state index contributed by atoms with van der Waals surface area (Å²) in [4.78, 5) is 27.6. The van der Waals surface area contributed by atoms with Gasteiger partial charge in [-0.1, -0.05) is 6.07 Å². The van der Waals surface area contributed by atoms with E-state index in [2.05, 4.69) is 17.4 Å². The predicted octanol–water partition coefficient (Wildman–Crippen LogP) is 2.32. The zero-order valence-electron chi connectivity index (χ0n) is 15.6. The molecule has 4 rings (SSSR count). The number of rotatable bonds is 5. The molecule has 27 heavy (non-hydrogen) atoms. The Kier molecular flexibility index (Phi) is 5.99. The van der Waals surface area contributed by atoms with Gasteiger partial charge in [0.1, 0.15) is 17.6 Å². The quantitative estimate of drug-likeness (QED) is 0.810. The molecular formula is C20H26N2O3S2. The molecule has 3 atom stereocenters. The van der Waals surface area contributed by atoms with Gasteiger partial charge in [-0.15, -0.1) is 23.5 Å². The van der Waals surface area contributed by atoms with Crippen molar-refractivity contribution in [1.82, 2.24) is 10.2 Å². The fourth-order valence-corrected chi connectivity index (χ4v) is 6.32. The van der Waals surface area contributed by atoms with Gasteiger partial charge in [0, 0.05) is 24.6 Å². The number of nitrogens with one attached hydrogen (secondary N) is 1. The molecule has 1 N–H and O–H groups in total. The van der Waals surface area contributed by atoms with Crippen LogP contribution in [0.25, 0.3) is 0 Å². The standard InChI is InChI=1S/C20H26N2O3S2/c1-25-16-5-4-14-8-13(2-3-15(14)10-16)9-17(23)19-18(21-11-27-19)20(24)22-6-7-26-12-22/h4-5,10,13,18-19,21H,2-3,6-9,11-12H2,1H3/t13?,18-,19?/m0/s1. The van der Waals surface area contributed by atoms with Crippen LogP contribution in [-0.4, -0.2) is 59.0 Å². The molecule has 2 aliphatic heterocycles. The van der Waals surface area contributed by atoms with Crippen LogP contribution in [0.1, 0.15) is 24.0 Å². The molecule has 3 aliphatic rings. The predicted molar refractivity (Wildman–Crippen MR) is 110 cm³/mol. The Balaban J connectivity index is 1.37. The summed E-state index contributed by atoms with van der Waals surface area (Å²) >= 11 is 3.37. The SMILES string of the molecule is COc1ccc2c(c1)CCC(CC(=O)C1SCN[C@@H]1C(=O)N1CCSC1)C2. The number of hydrogen-bond donors (Lipinski definition) is 1. The molecular weight excluding hydrogens is 380 g/mol. The van der Waals surface area contributed by atoms with Gasteiger partial charge >= 0.3 is 0 Å². The molecule has 1 aromatic rings. The van der Waals surface area contributed by atoms with Crippen molar-refractivity contribution in [1.29, 1.82) is 0 Å². The average Bonchev–Trinajstić information content (AvgIpc) is 3.39. The average molecular weight is 407 g/mol. The Morgan fingerprint density at radius 3 is 3.00 bits per heavy atom. The van der Waals surface area contributed by atoms with Crippen LogP contribution in [0.4, 0.5) is 0 Å². The normalized spacial score (nSPS) is 27.4. The van der Waals surface area contributed by atoms with Crippen LogP contribution in [-0.2, 0) is 22.4 Å². The number of carbonyl (C=O) groups excluding carboxylic acids is 2. The lowest BCUT2D eigenvalue weighted by Crippen LogP contribution is -2.49. The Bertz CT molecular complexity index is 721. The molecule has 2 saturated heterocycles. The minimum Gasteiger partial charge on any atom is -0.497 e. The second-order valence-electron chi connectivity index (χ2n) is 7.47. The molecule has 0 radical (unpaired) electrons. The van der Waals surface area contributed by atoms with Crippen molar-refractivity contribution >= 4 is 35.2 Å². The van der Waals surface area contributed by atoms with E-state index in [1.54, 1.807) is 30.6 Å². The number of amides is 1. The van der Waals surface area contributed by atoms with E-state index in [9.17, 15) is 9.59 Å². The summed E-state index contributed by atoms with van der Waals surface area (Å²) < 4.78 is 5.31. The molecule has 7 heteroatoms. The minimum absolute atomic E-state index is 0.101. The molecule has 1 aromatic carbocycles. The summed E-state index contributed by atoms with van der Waals surface area (Å²) in [7, 11) is 1.69. The van der Waals surface area contributed by atoms with E-state index < -0.39 is 0 Å². The highest BCUT2D eigenvalue weighted by Crippen LogP contribution is 2.33. The van der Waals surface area contributed by atoms with Gasteiger partial charge in [-0.05, 0) is 48.4 Å². The monoisotopic (exact) mass is 406 g/mol. The highest BCUT2D eigenvalue weighted by Gasteiger charge is 2.41. The highest BCUT2D eigenvalue weighted by molar-refractivity contribution is 8.01. The van der Waals surface area contributed by atoms with Crippen LogP contribution in [0.2, 0.25) is 0 Å². The summed E-state index contributed by atoms with van der Waals surface area (Å²) in [5.41, 5.74) is 2.67. The number of aryl methyl sites for hydroxylation is 1. The molecule has 146 valence electrons. The van der Waals surface area contributed by atoms with E-state index in [0.717, 1.165) is 43.2 Å². The van der Waals surface area contributed by atoms with Crippen LogP contribution >= 0.6 is 23.5 Å². The third-order valence-electron chi connectivity index (χ3n) is 5.75. The van der Waals surface area contributed by atoms with E-state index in [0.29, 0.717) is 18.2 Å². The molecule has 0 aromatic heterocycles. The van der Waals surface area contributed by atoms with Crippen LogP contribution in [0.5, 0.6) is 5.75 Å². The van der Waals surface area contributed by atoms with Gasteiger partial charge in [0.05, 0.1) is 18.2 Å². The van der Waals surface area contributed by atoms with E-state index in [4.69, 9.17) is 4.74 Å². The molecule has 0 bridgehead atoms. The molecule has 0 saturated carbocycles. The van der Waals surface area contributed by atoms with Crippen LogP contribution < -0.4 is 10.1 Å². The molecule has 2 heterocycles. The van der Waals surface area contributed by atoms with Crippen molar-refractivity contribution in [3.8, 4) is 5.75 Å². The number of nitrogens with zero attached hydrogens (tertiary/aromatic N) is 1. The second kappa shape index (κ2) is 8.45. The summed E-state index contributed by atoms with van der Waals surface area (Å²) in [6, 6.07) is 5.91. The summed E-state index contributed by atoms with van der Waals surface area (Å²) in [5.74, 6) is 4.04. The first kappa shape index (κ1) is 19.2. The Hall–Kier alpha value is -1.18. The fraction of sp³-hybridized carbons (Fsp3) is 0.600. The van der Waals surface area contributed by atoms with Crippen molar-refractivity contribution in [2.45, 2.75) is 37.0 Å². The Morgan fingerprint density at radius 1 is 1.33 bits per heavy atom. The van der Waals surface area contributed by atoms with Crippen molar-refractivity contribution in [2.75, 3.05) is 31.2 Å². The van der Waals surface area contributed by atoms with Crippen molar-refractivity contribution in [3.63, 3.8) is 0 Å². The number of thioether (sulfide) groups is 2. The fourth-order valence-electron chi connectivity index (χ4n) is 4.22. The van der Waals surface area contributed by atoms with Gasteiger partial charge in [0.25, 0.3) is 0 Å². The highest BCUT2D eigenvalue weighted by atomic mass is 32.2. The van der Waals surface area contributed by atoms with Gasteiger partial charge in [-0.2, -0.15) is 0 Å². The van der Waals surface area contributed by atoms with E-state index in [1.807, 2.05) is 11.0 Å². The van der Waals surface area contributed by atoms with E-state index in [-0.39, 0.29) is 23.0 Å². The smallest absolute Gasteiger partial charge is 0.242 e. The lowest BCUT2D eigenvalue weighted by molar-refractivity contribution is -0.133. The van der Waals surface area contributed by atoms with Gasteiger partial charge in [0.2, 0.25) is 5.91 Å². The maximum absolute atomic E-state index is 13.0. The first-order valence-corrected chi connectivity index (χ1v) is 11.8. The second-order valence-corrected chi connectivity index (χ2v) is 9.67. The molecule has 2 fully saturated rings. The number of ether oxygens (including phenoxy) is 1. The number of fused-ring (bicyclic) bond motifs is 1. The molecule has 0 spiro atoms. The van der Waals surface area contributed by atoms with Gasteiger partial charge in [0.15, 0.2) is 0 Å². The maximum Gasteiger partial charge on any atom is 0.242 e. The number of hydrogen-bond acceptors (Lipinski definition) is 6. The van der Waals surface area contributed by atoms with Crippen LogP contribution in [0, 0.1) is 5.92 Å². The van der Waals surface area contributed by atoms with Crippen molar-refractivity contribution in [2.24, 2.45) is 5.92 Å². The van der Waals surface area contributed by atoms with Crippen molar-refractivity contribution in [3.05, 3.63) is 29.3 Å². The zero-order chi connectivity index (χ0) is 18.8. The largest absolute Gasteiger partial charge is 0.497 e. The summed E-state index contributed by atoms with van der Waals surface area (Å²) in [6.07, 6.45) is 3.53. The van der Waals surface area contributed by atoms with Gasteiger partial charge in [-0.3, -0.25) is 14.9 Å². The summed E-state index contributed by atoms with van der Waals surface area (Å²) in [5, 5.41) is 3.02. The topological polar surface area (TPSA) is 58.6 Å². The minimum atomic E-state index is -0.346. The first-order chi connectivity index (χ1) is 13.2. The van der Waals surface area contributed by atoms with E-state index >= 15 is 0 Å². The Labute approximate surface area is 169 Å². The van der Waals surface area contributed by atoms with E-state index in [1.165, 1.54) is 11.1 Å². The summed E-state index contributed by atoms with van der Waals surface area (Å²) in [6.45, 7) is 0.802. The number of methoxy groups -OCH3 is 1. The third kappa shape index (κ3) is 4.15. The number of benzene rings is 1. The van der Waals surface area contributed by atoms with Gasteiger partial charge in [-0.25, -0.2) is 0 Å². The molecule has 1 amide bonds. The lowest BCUT2D eigenvalue weighted by atomic mass is 9.80. The Morgan fingerprint density at radius 2 is 2.22 bits per heavy atom. The van der Waals surface area contributed by atoms with Crippen molar-refractivity contribution < 1.29 is 14.3 Å². The molecule has 1 aliphatic carbocycles. The molecule has 2 unspecified atom stereocenters. The third-order valence-corrected chi connectivity index (χ3v) is 7.94. The van der Waals surface area contributed by atoms with Gasteiger partial charge < -0.3 is 9.64 Å². The van der Waals surface area contributed by atoms with Crippen LogP contribution in [0.3, 0.4) is 0 Å². The van der Waals surface area contributed by atoms with Crippen LogP contribution in [0.15, 0.2) is 18.2 Å². The zero-order valence-corrected chi connectivity index (χ0v) is 17.2. The lowest BCUT2D eigenvalue weighted by Gasteiger charge is -2.27. The molecule has 5 nitrogen and oxygen atoms in total. The maximum atomic E-state index is 13.0.